The second-order valence-electron chi connectivity index (χ2n) is 6.36. The molecule has 130 valence electrons. The molecule has 0 aliphatic heterocycles. The monoisotopic (exact) mass is 361 g/mol. The summed E-state index contributed by atoms with van der Waals surface area (Å²) in [6.45, 7) is 3.19. The molecule has 3 rings (SSSR count). The Labute approximate surface area is 146 Å². The highest BCUT2D eigenvalue weighted by atomic mass is 32.1. The summed E-state index contributed by atoms with van der Waals surface area (Å²) in [5.74, 6) is -1.96. The minimum Gasteiger partial charge on any atom is -0.494 e. The molecule has 3 N–H and O–H groups in total. The number of fused-ring (bicyclic) bond motifs is 1. The summed E-state index contributed by atoms with van der Waals surface area (Å²) in [5.41, 5.74) is 4.77. The number of carbonyl (C=O) groups excluding carboxylic acids is 2. The SMILES string of the molecule is CC(C)(Cn1c(O)c(C(=O)c2cccs2)c2ncc(F)cc21)C(N)=O. The number of ketones is 1. The maximum Gasteiger partial charge on any atom is 0.224 e. The van der Waals surface area contributed by atoms with Crippen molar-refractivity contribution in [2.45, 2.75) is 20.4 Å². The van der Waals surface area contributed by atoms with E-state index in [9.17, 15) is 19.1 Å². The number of hydrogen-bond acceptors (Lipinski definition) is 5. The molecule has 0 aliphatic rings. The minimum atomic E-state index is -1.01. The summed E-state index contributed by atoms with van der Waals surface area (Å²) in [7, 11) is 0. The summed E-state index contributed by atoms with van der Waals surface area (Å²) < 4.78 is 15.0. The number of thiophene rings is 1. The molecular formula is C17H16FN3O3S. The Balaban J connectivity index is 2.24. The van der Waals surface area contributed by atoms with Crippen molar-refractivity contribution in [3.05, 3.63) is 46.0 Å². The van der Waals surface area contributed by atoms with Gasteiger partial charge in [-0.3, -0.25) is 14.6 Å². The average Bonchev–Trinajstić information content (AvgIpc) is 3.15. The van der Waals surface area contributed by atoms with E-state index < -0.39 is 22.9 Å². The predicted octanol–water partition coefficient (Wildman–Crippen LogP) is 2.69. The van der Waals surface area contributed by atoms with Crippen LogP contribution in [0.5, 0.6) is 5.88 Å². The fraction of sp³-hybridized carbons (Fsp3) is 0.235. The summed E-state index contributed by atoms with van der Waals surface area (Å²) in [5, 5.41) is 12.4. The van der Waals surface area contributed by atoms with Crippen LogP contribution in [-0.4, -0.2) is 26.3 Å². The van der Waals surface area contributed by atoms with Gasteiger partial charge in [0.05, 0.1) is 22.0 Å². The van der Waals surface area contributed by atoms with Crippen LogP contribution in [0, 0.1) is 11.2 Å². The van der Waals surface area contributed by atoms with Gasteiger partial charge in [0, 0.05) is 12.6 Å². The molecule has 0 bridgehead atoms. The number of hydrogen-bond donors (Lipinski definition) is 2. The van der Waals surface area contributed by atoms with Gasteiger partial charge in [0.2, 0.25) is 17.6 Å². The Morgan fingerprint density at radius 1 is 1.44 bits per heavy atom. The van der Waals surface area contributed by atoms with Crippen LogP contribution in [0.15, 0.2) is 29.8 Å². The maximum atomic E-state index is 13.7. The quantitative estimate of drug-likeness (QED) is 0.683. The first kappa shape index (κ1) is 17.1. The molecule has 0 fully saturated rings. The van der Waals surface area contributed by atoms with Gasteiger partial charge in [-0.2, -0.15) is 0 Å². The number of aromatic hydroxyl groups is 1. The molecule has 0 spiro atoms. The molecule has 0 aliphatic carbocycles. The van der Waals surface area contributed by atoms with Crippen LogP contribution in [0.4, 0.5) is 4.39 Å². The highest BCUT2D eigenvalue weighted by Gasteiger charge is 2.31. The van der Waals surface area contributed by atoms with E-state index >= 15 is 0 Å². The van der Waals surface area contributed by atoms with Gasteiger partial charge in [-0.1, -0.05) is 6.07 Å². The van der Waals surface area contributed by atoms with E-state index in [1.54, 1.807) is 31.4 Å². The van der Waals surface area contributed by atoms with Crippen LogP contribution in [0.25, 0.3) is 11.0 Å². The molecule has 3 heterocycles. The van der Waals surface area contributed by atoms with Crippen molar-refractivity contribution in [1.82, 2.24) is 9.55 Å². The first-order chi connectivity index (χ1) is 11.7. The number of rotatable bonds is 5. The fourth-order valence-corrected chi connectivity index (χ4v) is 3.23. The second-order valence-corrected chi connectivity index (χ2v) is 7.31. The minimum absolute atomic E-state index is 0.0160. The lowest BCUT2D eigenvalue weighted by atomic mass is 9.92. The van der Waals surface area contributed by atoms with E-state index in [1.165, 1.54) is 22.0 Å². The van der Waals surface area contributed by atoms with E-state index in [0.29, 0.717) is 4.88 Å². The zero-order valence-electron chi connectivity index (χ0n) is 13.6. The van der Waals surface area contributed by atoms with Gasteiger partial charge in [0.25, 0.3) is 0 Å². The molecule has 0 aromatic carbocycles. The van der Waals surface area contributed by atoms with Gasteiger partial charge >= 0.3 is 0 Å². The van der Waals surface area contributed by atoms with Gasteiger partial charge in [-0.25, -0.2) is 4.39 Å². The molecule has 6 nitrogen and oxygen atoms in total. The van der Waals surface area contributed by atoms with Crippen molar-refractivity contribution >= 4 is 34.1 Å². The number of primary amides is 1. The summed E-state index contributed by atoms with van der Waals surface area (Å²) in [4.78, 5) is 28.8. The Kier molecular flexibility index (Phi) is 4.08. The van der Waals surface area contributed by atoms with E-state index in [2.05, 4.69) is 4.98 Å². The van der Waals surface area contributed by atoms with Crippen molar-refractivity contribution in [2.24, 2.45) is 11.1 Å². The number of halogens is 1. The zero-order chi connectivity index (χ0) is 18.4. The van der Waals surface area contributed by atoms with Gasteiger partial charge < -0.3 is 15.4 Å². The highest BCUT2D eigenvalue weighted by Crippen LogP contribution is 2.35. The number of nitrogens with two attached hydrogens (primary N) is 1. The van der Waals surface area contributed by atoms with Crippen LogP contribution in [0.2, 0.25) is 0 Å². The first-order valence-corrected chi connectivity index (χ1v) is 8.35. The van der Waals surface area contributed by atoms with E-state index in [1.807, 2.05) is 0 Å². The van der Waals surface area contributed by atoms with Crippen LogP contribution < -0.4 is 5.73 Å². The van der Waals surface area contributed by atoms with Crippen LogP contribution >= 0.6 is 11.3 Å². The van der Waals surface area contributed by atoms with Crippen molar-refractivity contribution in [3.63, 3.8) is 0 Å². The molecule has 25 heavy (non-hydrogen) atoms. The lowest BCUT2D eigenvalue weighted by molar-refractivity contribution is -0.126. The molecule has 0 unspecified atom stereocenters. The first-order valence-electron chi connectivity index (χ1n) is 7.47. The van der Waals surface area contributed by atoms with Crippen LogP contribution in [-0.2, 0) is 11.3 Å². The van der Waals surface area contributed by atoms with Crippen LogP contribution in [0.3, 0.4) is 0 Å². The number of pyridine rings is 1. The summed E-state index contributed by atoms with van der Waals surface area (Å²) in [6.07, 6.45) is 0.983. The Hall–Kier alpha value is -2.74. The summed E-state index contributed by atoms with van der Waals surface area (Å²) >= 11 is 1.23. The van der Waals surface area contributed by atoms with Crippen molar-refractivity contribution < 1.29 is 19.1 Å². The lowest BCUT2D eigenvalue weighted by Gasteiger charge is -2.22. The molecular weight excluding hydrogens is 345 g/mol. The highest BCUT2D eigenvalue weighted by molar-refractivity contribution is 7.12. The van der Waals surface area contributed by atoms with Gasteiger partial charge in [-0.05, 0) is 25.3 Å². The van der Waals surface area contributed by atoms with Gasteiger partial charge in [0.15, 0.2) is 0 Å². The molecule has 1 amide bonds. The zero-order valence-corrected chi connectivity index (χ0v) is 14.4. The number of aromatic nitrogens is 2. The Morgan fingerprint density at radius 3 is 2.76 bits per heavy atom. The number of amides is 1. The van der Waals surface area contributed by atoms with E-state index in [0.717, 1.165) is 6.20 Å². The lowest BCUT2D eigenvalue weighted by Crippen LogP contribution is -2.35. The largest absolute Gasteiger partial charge is 0.494 e. The van der Waals surface area contributed by atoms with Crippen molar-refractivity contribution in [2.75, 3.05) is 0 Å². The predicted molar refractivity (Wildman–Crippen MR) is 92.1 cm³/mol. The number of nitrogens with zero attached hydrogens (tertiary/aromatic N) is 2. The molecule has 0 radical (unpaired) electrons. The normalized spacial score (nSPS) is 11.8. The molecule has 0 saturated carbocycles. The van der Waals surface area contributed by atoms with E-state index in [4.69, 9.17) is 5.73 Å². The smallest absolute Gasteiger partial charge is 0.224 e. The van der Waals surface area contributed by atoms with Crippen LogP contribution in [0.1, 0.15) is 29.1 Å². The summed E-state index contributed by atoms with van der Waals surface area (Å²) in [6, 6.07) is 4.52. The Morgan fingerprint density at radius 2 is 2.16 bits per heavy atom. The third-order valence-electron chi connectivity index (χ3n) is 4.03. The van der Waals surface area contributed by atoms with E-state index in [-0.39, 0.29) is 29.0 Å². The molecule has 0 saturated heterocycles. The van der Waals surface area contributed by atoms with Gasteiger partial charge in [-0.15, -0.1) is 11.3 Å². The maximum absolute atomic E-state index is 13.7. The third kappa shape index (κ3) is 2.89. The standard InChI is InChI=1S/C17H16FN3O3S/c1-17(2,16(19)24)8-21-10-6-9(18)7-20-13(10)12(15(21)23)14(22)11-4-3-5-25-11/h3-7,23H,8H2,1-2H3,(H2,19,24). The second kappa shape index (κ2) is 5.96. The van der Waals surface area contributed by atoms with Crippen molar-refractivity contribution in [1.29, 1.82) is 0 Å². The third-order valence-corrected chi connectivity index (χ3v) is 4.90. The fourth-order valence-electron chi connectivity index (χ4n) is 2.56. The molecule has 3 aromatic heterocycles. The molecule has 3 aromatic rings. The molecule has 8 heteroatoms. The number of carbonyl (C=O) groups is 2. The Bertz CT molecular complexity index is 977. The van der Waals surface area contributed by atoms with Gasteiger partial charge in [0.1, 0.15) is 16.9 Å². The average molecular weight is 361 g/mol. The topological polar surface area (TPSA) is 98.2 Å². The van der Waals surface area contributed by atoms with Crippen molar-refractivity contribution in [3.8, 4) is 5.88 Å². The molecule has 0 atom stereocenters.